The minimum Gasteiger partial charge on any atom is -1.00 e. The van der Waals surface area contributed by atoms with Crippen LogP contribution in [0.15, 0.2) is 25.2 Å². The van der Waals surface area contributed by atoms with Crippen molar-refractivity contribution in [3.8, 4) is 6.07 Å². The van der Waals surface area contributed by atoms with Crippen molar-refractivity contribution in [2.75, 3.05) is 0 Å². The molecule has 0 fully saturated rings. The van der Waals surface area contributed by atoms with Gasteiger partial charge in [-0.15, -0.1) is 0 Å². The first-order chi connectivity index (χ1) is 8.21. The molecule has 0 bridgehead atoms. The number of imidazole rings is 1. The van der Waals surface area contributed by atoms with E-state index in [1.807, 2.05) is 4.57 Å². The zero-order valence-corrected chi connectivity index (χ0v) is 12.2. The van der Waals surface area contributed by atoms with E-state index in [1.54, 1.807) is 23.2 Å². The van der Waals surface area contributed by atoms with Crippen LogP contribution < -0.4 is 21.5 Å². The van der Waals surface area contributed by atoms with E-state index in [0.717, 1.165) is 12.8 Å². The van der Waals surface area contributed by atoms with Gasteiger partial charge in [-0.1, -0.05) is 26.0 Å². The number of hydrogen-bond acceptors (Lipinski definition) is 2. The maximum Gasteiger partial charge on any atom is 0.245 e. The monoisotopic (exact) mass is 311 g/mol. The van der Waals surface area contributed by atoms with Gasteiger partial charge in [0.1, 0.15) is 25.4 Å². The fourth-order valence-electron chi connectivity index (χ4n) is 1.62. The Morgan fingerprint density at radius 1 is 1.67 bits per heavy atom. The van der Waals surface area contributed by atoms with Crippen LogP contribution in [0, 0.1) is 11.3 Å². The maximum atomic E-state index is 11.6. The van der Waals surface area contributed by atoms with Gasteiger partial charge in [0.25, 0.3) is 0 Å². The Hall–Kier alpha value is -1.41. The average Bonchev–Trinajstić information content (AvgIpc) is 2.69. The fourth-order valence-corrected chi connectivity index (χ4v) is 1.62. The number of halogens is 1. The molecule has 1 heterocycles. The Balaban J connectivity index is 0.00000289. The van der Waals surface area contributed by atoms with Crippen molar-refractivity contribution in [3.05, 3.63) is 30.9 Å². The van der Waals surface area contributed by atoms with Gasteiger partial charge < -0.3 is 17.0 Å². The molecule has 0 spiro atoms. The first kappa shape index (κ1) is 16.6. The van der Waals surface area contributed by atoms with E-state index in [9.17, 15) is 4.79 Å². The molecule has 0 aliphatic rings. The van der Waals surface area contributed by atoms with Crippen molar-refractivity contribution < 1.29 is 26.3 Å². The van der Waals surface area contributed by atoms with Gasteiger partial charge in [0, 0.05) is 6.42 Å². The van der Waals surface area contributed by atoms with Crippen LogP contribution in [0.2, 0.25) is 0 Å². The Labute approximate surface area is 118 Å². The van der Waals surface area contributed by atoms with Crippen molar-refractivity contribution >= 4 is 5.78 Å². The summed E-state index contributed by atoms with van der Waals surface area (Å²) in [6, 6.07) is 2.09. The van der Waals surface area contributed by atoms with Crippen LogP contribution in [0.1, 0.15) is 31.9 Å². The number of ketones is 1. The van der Waals surface area contributed by atoms with Crippen molar-refractivity contribution in [1.82, 2.24) is 4.57 Å². The van der Waals surface area contributed by atoms with E-state index in [2.05, 4.69) is 19.6 Å². The molecule has 0 N–H and O–H groups in total. The van der Waals surface area contributed by atoms with Crippen LogP contribution in [0.4, 0.5) is 0 Å². The summed E-state index contributed by atoms with van der Waals surface area (Å²) in [5.74, 6) is 0.171. The number of Topliss-reactive ketones (excluding diaryl/α,β-unsaturated/α-hetero) is 1. The molecule has 0 aromatic carbocycles. The standard InChI is InChI=1S/C13H18N3O.BrH/c1-3-5-6-13(17)10-16-11-15(7-4-2)9-12(16)8-14;/h4,9,11H,2-3,5-7,10H2,1H3;1H/q+1;/p-1. The van der Waals surface area contributed by atoms with E-state index in [-0.39, 0.29) is 29.3 Å². The molecule has 98 valence electrons. The maximum absolute atomic E-state index is 11.6. The highest BCUT2D eigenvalue weighted by atomic mass is 79.9. The highest BCUT2D eigenvalue weighted by molar-refractivity contribution is 5.78. The predicted molar refractivity (Wildman–Crippen MR) is 64.1 cm³/mol. The van der Waals surface area contributed by atoms with Crippen LogP contribution in [0.3, 0.4) is 0 Å². The summed E-state index contributed by atoms with van der Waals surface area (Å²) in [7, 11) is 0. The lowest BCUT2D eigenvalue weighted by Crippen LogP contribution is -3.00. The summed E-state index contributed by atoms with van der Waals surface area (Å²) >= 11 is 0. The molecule has 4 nitrogen and oxygen atoms in total. The lowest BCUT2D eigenvalue weighted by atomic mass is 10.2. The van der Waals surface area contributed by atoms with Crippen molar-refractivity contribution in [2.45, 2.75) is 39.3 Å². The highest BCUT2D eigenvalue weighted by Crippen LogP contribution is 2.01. The molecule has 18 heavy (non-hydrogen) atoms. The Bertz CT molecular complexity index is 446. The van der Waals surface area contributed by atoms with E-state index in [4.69, 9.17) is 5.26 Å². The second-order valence-corrected chi connectivity index (χ2v) is 4.00. The van der Waals surface area contributed by atoms with Crippen molar-refractivity contribution in [1.29, 1.82) is 5.26 Å². The molecule has 0 radical (unpaired) electrons. The third-order valence-corrected chi connectivity index (χ3v) is 2.50. The topological polar surface area (TPSA) is 49.7 Å². The zero-order valence-electron chi connectivity index (χ0n) is 10.6. The van der Waals surface area contributed by atoms with Crippen LogP contribution in [0.25, 0.3) is 0 Å². The highest BCUT2D eigenvalue weighted by Gasteiger charge is 2.15. The molecule has 0 saturated carbocycles. The Morgan fingerprint density at radius 3 is 2.94 bits per heavy atom. The second kappa shape index (κ2) is 8.65. The second-order valence-electron chi connectivity index (χ2n) is 4.00. The van der Waals surface area contributed by atoms with Crippen LogP contribution in [-0.4, -0.2) is 10.4 Å². The molecular formula is C13H18BrN3O. The van der Waals surface area contributed by atoms with Crippen molar-refractivity contribution in [2.24, 2.45) is 0 Å². The van der Waals surface area contributed by atoms with Crippen molar-refractivity contribution in [3.63, 3.8) is 0 Å². The van der Waals surface area contributed by atoms with Gasteiger partial charge in [0.2, 0.25) is 12.0 Å². The average molecular weight is 312 g/mol. The molecule has 1 aromatic heterocycles. The summed E-state index contributed by atoms with van der Waals surface area (Å²) in [4.78, 5) is 11.6. The summed E-state index contributed by atoms with van der Waals surface area (Å²) in [6.07, 6.45) is 7.78. The first-order valence-electron chi connectivity index (χ1n) is 5.83. The van der Waals surface area contributed by atoms with Gasteiger partial charge in [0.05, 0.1) is 0 Å². The van der Waals surface area contributed by atoms with Gasteiger partial charge in [0.15, 0.2) is 5.78 Å². The van der Waals surface area contributed by atoms with Gasteiger partial charge in [-0.3, -0.25) is 4.79 Å². The quantitative estimate of drug-likeness (QED) is 0.459. The molecule has 0 unspecified atom stereocenters. The predicted octanol–water partition coefficient (Wildman–Crippen LogP) is -1.40. The van der Waals surface area contributed by atoms with Crippen LogP contribution in [-0.2, 0) is 17.9 Å². The summed E-state index contributed by atoms with van der Waals surface area (Å²) in [6.45, 7) is 6.63. The van der Waals surface area contributed by atoms with E-state index in [0.29, 0.717) is 18.7 Å². The minimum absolute atomic E-state index is 0. The fraction of sp³-hybridized carbons (Fsp3) is 0.462. The SMILES string of the molecule is C=CC[n+]1cc(C#N)n(CC(=O)CCCC)c1.[Br-]. The number of unbranched alkanes of at least 4 members (excludes halogenated alkanes) is 1. The van der Waals surface area contributed by atoms with Gasteiger partial charge in [-0.05, 0) is 6.42 Å². The molecule has 1 aromatic rings. The number of hydrogen-bond donors (Lipinski definition) is 0. The molecule has 0 atom stereocenters. The smallest absolute Gasteiger partial charge is 0.245 e. The van der Waals surface area contributed by atoms with E-state index < -0.39 is 0 Å². The molecule has 1 rings (SSSR count). The summed E-state index contributed by atoms with van der Waals surface area (Å²) in [5.41, 5.74) is 0.511. The zero-order chi connectivity index (χ0) is 12.7. The number of allylic oxidation sites excluding steroid dienone is 1. The molecule has 0 aliphatic heterocycles. The van der Waals surface area contributed by atoms with Gasteiger partial charge in [-0.25, -0.2) is 9.13 Å². The molecule has 0 saturated heterocycles. The largest absolute Gasteiger partial charge is 1.00 e. The summed E-state index contributed by atoms with van der Waals surface area (Å²) in [5, 5.41) is 8.97. The lowest BCUT2D eigenvalue weighted by molar-refractivity contribution is -0.686. The number of nitrogens with zero attached hydrogens (tertiary/aromatic N) is 3. The third kappa shape index (κ3) is 4.84. The first-order valence-corrected chi connectivity index (χ1v) is 5.83. The molecule has 5 heteroatoms. The van der Waals surface area contributed by atoms with Crippen LogP contribution in [0.5, 0.6) is 0 Å². The Morgan fingerprint density at radius 2 is 2.39 bits per heavy atom. The van der Waals surface area contributed by atoms with E-state index in [1.165, 1.54) is 0 Å². The molecule has 0 aliphatic carbocycles. The number of carbonyl (C=O) groups excluding carboxylic acids is 1. The minimum atomic E-state index is 0. The van der Waals surface area contributed by atoms with E-state index >= 15 is 0 Å². The normalized spacial score (nSPS) is 9.33. The third-order valence-electron chi connectivity index (χ3n) is 2.50. The molecular weight excluding hydrogens is 294 g/mol. The Kier molecular flexibility index (Phi) is 7.97. The molecule has 0 amide bonds. The number of carbonyl (C=O) groups is 1. The van der Waals surface area contributed by atoms with Gasteiger partial charge in [-0.2, -0.15) is 5.26 Å². The lowest BCUT2D eigenvalue weighted by Gasteiger charge is -1.96. The van der Waals surface area contributed by atoms with Gasteiger partial charge >= 0.3 is 0 Å². The summed E-state index contributed by atoms with van der Waals surface area (Å²) < 4.78 is 3.54. The number of nitriles is 1. The van der Waals surface area contributed by atoms with Crippen LogP contribution >= 0.6 is 0 Å². The number of rotatable bonds is 7. The number of aromatic nitrogens is 2.